The maximum Gasteiger partial charge on any atom is 0.257 e. The van der Waals surface area contributed by atoms with Crippen LogP contribution in [0.4, 0.5) is 5.82 Å². The fourth-order valence-corrected chi connectivity index (χ4v) is 3.38. The van der Waals surface area contributed by atoms with Crippen LogP contribution in [0.2, 0.25) is 0 Å². The summed E-state index contributed by atoms with van der Waals surface area (Å²) in [5, 5.41) is 3.44. The fraction of sp³-hybridized carbons (Fsp3) is 0.421. The summed E-state index contributed by atoms with van der Waals surface area (Å²) < 4.78 is 11.3. The van der Waals surface area contributed by atoms with Crippen LogP contribution in [0, 0.1) is 6.92 Å². The third kappa shape index (κ3) is 3.42. The topological polar surface area (TPSA) is 76.6 Å². The van der Waals surface area contributed by atoms with Crippen LogP contribution < -0.4 is 14.8 Å². The minimum Gasteiger partial charge on any atom is -0.486 e. The number of anilines is 1. The number of rotatable bonds is 3. The molecule has 7 heteroatoms. The molecule has 0 bridgehead atoms. The Bertz CT molecular complexity index is 803. The number of para-hydroxylation sites is 1. The number of hydrogen-bond acceptors (Lipinski definition) is 6. The first-order chi connectivity index (χ1) is 12.7. The Morgan fingerprint density at radius 1 is 1.19 bits per heavy atom. The average Bonchev–Trinajstić information content (AvgIpc) is 2.68. The first-order valence-corrected chi connectivity index (χ1v) is 8.94. The molecule has 1 aromatic heterocycles. The maximum atomic E-state index is 12.9. The largest absolute Gasteiger partial charge is 0.486 e. The molecule has 0 aliphatic carbocycles. The molecule has 0 atom stereocenters. The highest BCUT2D eigenvalue weighted by Crippen LogP contribution is 2.34. The van der Waals surface area contributed by atoms with Gasteiger partial charge in [0.15, 0.2) is 11.5 Å². The lowest BCUT2D eigenvalue weighted by molar-refractivity contribution is 0.0708. The summed E-state index contributed by atoms with van der Waals surface area (Å²) in [4.78, 5) is 23.2. The van der Waals surface area contributed by atoms with Gasteiger partial charge in [-0.15, -0.1) is 0 Å². The number of carbonyl (C=O) groups excluding carboxylic acids is 1. The summed E-state index contributed by atoms with van der Waals surface area (Å²) >= 11 is 0. The van der Waals surface area contributed by atoms with Gasteiger partial charge in [0.25, 0.3) is 5.91 Å². The Hall–Kier alpha value is -2.83. The van der Waals surface area contributed by atoms with Crippen LogP contribution in [0.5, 0.6) is 11.5 Å². The van der Waals surface area contributed by atoms with Gasteiger partial charge in [-0.05, 0) is 31.9 Å². The van der Waals surface area contributed by atoms with E-state index in [1.807, 2.05) is 36.1 Å². The normalized spacial score (nSPS) is 17.0. The molecule has 2 aromatic rings. The number of piperidine rings is 1. The van der Waals surface area contributed by atoms with Crippen molar-refractivity contribution in [3.8, 4) is 11.5 Å². The molecule has 1 amide bonds. The summed E-state index contributed by atoms with van der Waals surface area (Å²) in [6.07, 6.45) is 3.32. The van der Waals surface area contributed by atoms with E-state index in [2.05, 4.69) is 15.3 Å². The predicted molar refractivity (Wildman–Crippen MR) is 96.7 cm³/mol. The minimum atomic E-state index is 0.00341. The molecule has 1 aromatic carbocycles. The molecular formula is C19H22N4O3. The molecule has 26 heavy (non-hydrogen) atoms. The molecule has 2 aliphatic rings. The van der Waals surface area contributed by atoms with E-state index in [1.54, 1.807) is 6.33 Å². The van der Waals surface area contributed by atoms with E-state index in [4.69, 9.17) is 9.47 Å². The van der Waals surface area contributed by atoms with Crippen LogP contribution in [-0.2, 0) is 0 Å². The van der Waals surface area contributed by atoms with E-state index in [-0.39, 0.29) is 5.91 Å². The van der Waals surface area contributed by atoms with Crippen molar-refractivity contribution in [2.24, 2.45) is 0 Å². The first kappa shape index (κ1) is 16.6. The van der Waals surface area contributed by atoms with Crippen molar-refractivity contribution < 1.29 is 14.3 Å². The molecule has 2 aliphatic heterocycles. The first-order valence-electron chi connectivity index (χ1n) is 8.94. The van der Waals surface area contributed by atoms with Crippen LogP contribution >= 0.6 is 0 Å². The van der Waals surface area contributed by atoms with Crippen molar-refractivity contribution >= 4 is 11.7 Å². The van der Waals surface area contributed by atoms with Crippen molar-refractivity contribution in [3.05, 3.63) is 41.9 Å². The lowest BCUT2D eigenvalue weighted by Crippen LogP contribution is -2.42. The van der Waals surface area contributed by atoms with Gasteiger partial charge in [-0.25, -0.2) is 9.97 Å². The fourth-order valence-electron chi connectivity index (χ4n) is 3.38. The number of aryl methyl sites for hydroxylation is 1. The van der Waals surface area contributed by atoms with Gasteiger partial charge in [-0.3, -0.25) is 4.79 Å². The molecule has 136 valence electrons. The molecule has 0 unspecified atom stereocenters. The van der Waals surface area contributed by atoms with E-state index >= 15 is 0 Å². The van der Waals surface area contributed by atoms with Crippen molar-refractivity contribution in [1.29, 1.82) is 0 Å². The zero-order chi connectivity index (χ0) is 17.9. The zero-order valence-electron chi connectivity index (χ0n) is 14.8. The predicted octanol–water partition coefficient (Wildman–Crippen LogP) is 2.27. The van der Waals surface area contributed by atoms with Gasteiger partial charge in [-0.1, -0.05) is 6.07 Å². The number of likely N-dealkylation sites (tertiary alicyclic amines) is 1. The molecule has 3 heterocycles. The number of nitrogens with one attached hydrogen (secondary N) is 1. The Morgan fingerprint density at radius 3 is 2.81 bits per heavy atom. The third-order valence-corrected chi connectivity index (χ3v) is 4.73. The van der Waals surface area contributed by atoms with Gasteiger partial charge in [-0.2, -0.15) is 0 Å². The Kier molecular flexibility index (Phi) is 4.60. The molecule has 7 nitrogen and oxygen atoms in total. The molecule has 4 rings (SSSR count). The quantitative estimate of drug-likeness (QED) is 0.911. The summed E-state index contributed by atoms with van der Waals surface area (Å²) in [6.45, 7) is 4.34. The highest BCUT2D eigenvalue weighted by molar-refractivity contribution is 5.98. The number of nitrogens with zero attached hydrogens (tertiary/aromatic N) is 3. The highest BCUT2D eigenvalue weighted by atomic mass is 16.6. The van der Waals surface area contributed by atoms with Crippen LogP contribution in [0.3, 0.4) is 0 Å². The molecule has 0 spiro atoms. The second-order valence-electron chi connectivity index (χ2n) is 6.59. The van der Waals surface area contributed by atoms with Crippen molar-refractivity contribution in [3.63, 3.8) is 0 Å². The van der Waals surface area contributed by atoms with E-state index in [0.29, 0.717) is 49.4 Å². The summed E-state index contributed by atoms with van der Waals surface area (Å²) in [6, 6.07) is 7.73. The molecule has 1 N–H and O–H groups in total. The van der Waals surface area contributed by atoms with Gasteiger partial charge in [0, 0.05) is 30.9 Å². The number of carbonyl (C=O) groups is 1. The van der Waals surface area contributed by atoms with E-state index in [9.17, 15) is 4.79 Å². The van der Waals surface area contributed by atoms with E-state index in [1.165, 1.54) is 0 Å². The second-order valence-corrected chi connectivity index (χ2v) is 6.59. The van der Waals surface area contributed by atoms with Gasteiger partial charge >= 0.3 is 0 Å². The monoisotopic (exact) mass is 354 g/mol. The Morgan fingerprint density at radius 2 is 2.00 bits per heavy atom. The minimum absolute atomic E-state index is 0.00341. The van der Waals surface area contributed by atoms with Crippen LogP contribution in [0.1, 0.15) is 28.9 Å². The summed E-state index contributed by atoms with van der Waals surface area (Å²) in [5.74, 6) is 2.06. The second kappa shape index (κ2) is 7.19. The number of fused-ring (bicyclic) bond motifs is 1. The standard InChI is InChI=1S/C19H22N4O3/c1-13-11-17(21-12-20-13)22-14-5-7-23(8-6-14)19(24)15-3-2-4-16-18(15)26-10-9-25-16/h2-4,11-12,14H,5-10H2,1H3,(H,20,21,22). The van der Waals surface area contributed by atoms with E-state index in [0.717, 1.165) is 24.4 Å². The lowest BCUT2D eigenvalue weighted by atomic mass is 10.0. The molecule has 1 saturated heterocycles. The van der Waals surface area contributed by atoms with Gasteiger partial charge in [0.05, 0.1) is 5.56 Å². The summed E-state index contributed by atoms with van der Waals surface area (Å²) in [5.41, 5.74) is 1.52. The Balaban J connectivity index is 1.40. The molecule has 0 saturated carbocycles. The lowest BCUT2D eigenvalue weighted by Gasteiger charge is -2.33. The SMILES string of the molecule is Cc1cc(NC2CCN(C(=O)c3cccc4c3OCCO4)CC2)ncn1. The number of amides is 1. The van der Waals surface area contributed by atoms with E-state index < -0.39 is 0 Å². The third-order valence-electron chi connectivity index (χ3n) is 4.73. The summed E-state index contributed by atoms with van der Waals surface area (Å²) in [7, 11) is 0. The van der Waals surface area contributed by atoms with Crippen molar-refractivity contribution in [1.82, 2.24) is 14.9 Å². The number of ether oxygens (including phenoxy) is 2. The smallest absolute Gasteiger partial charge is 0.257 e. The van der Waals surface area contributed by atoms with Crippen LogP contribution in [0.15, 0.2) is 30.6 Å². The molecule has 0 radical (unpaired) electrons. The highest BCUT2D eigenvalue weighted by Gasteiger charge is 2.27. The van der Waals surface area contributed by atoms with Crippen LogP contribution in [0.25, 0.3) is 0 Å². The van der Waals surface area contributed by atoms with Gasteiger partial charge in [0.2, 0.25) is 0 Å². The van der Waals surface area contributed by atoms with Gasteiger partial charge < -0.3 is 19.7 Å². The number of benzene rings is 1. The average molecular weight is 354 g/mol. The number of hydrogen-bond donors (Lipinski definition) is 1. The van der Waals surface area contributed by atoms with Crippen molar-refractivity contribution in [2.75, 3.05) is 31.6 Å². The molecule has 1 fully saturated rings. The maximum absolute atomic E-state index is 12.9. The number of aromatic nitrogens is 2. The Labute approximate surface area is 152 Å². The molecular weight excluding hydrogens is 332 g/mol. The zero-order valence-corrected chi connectivity index (χ0v) is 14.8. The van der Waals surface area contributed by atoms with Crippen molar-refractivity contribution in [2.45, 2.75) is 25.8 Å². The van der Waals surface area contributed by atoms with Crippen LogP contribution in [-0.4, -0.2) is 53.1 Å². The van der Waals surface area contributed by atoms with Gasteiger partial charge in [0.1, 0.15) is 25.4 Å².